The van der Waals surface area contributed by atoms with Crippen LogP contribution in [0.25, 0.3) is 0 Å². The monoisotopic (exact) mass is 598 g/mol. The SMILES string of the molecule is Cc1ccccc1CCc1nc(N2CCC[C@@H]2c2ccc(Cl)cc2)ncc1C(=O)N1CCC[C@H]1Cc1ccc(Cl)cc1. The van der Waals surface area contributed by atoms with E-state index in [4.69, 9.17) is 33.2 Å². The normalized spacial score (nSPS) is 18.5. The van der Waals surface area contributed by atoms with E-state index in [9.17, 15) is 4.79 Å². The van der Waals surface area contributed by atoms with E-state index in [1.165, 1.54) is 22.3 Å². The van der Waals surface area contributed by atoms with E-state index < -0.39 is 0 Å². The lowest BCUT2D eigenvalue weighted by atomic mass is 10.0. The van der Waals surface area contributed by atoms with E-state index in [1.54, 1.807) is 6.20 Å². The van der Waals surface area contributed by atoms with E-state index in [0.717, 1.165) is 67.4 Å². The first kappa shape index (κ1) is 28.7. The molecule has 2 aliphatic heterocycles. The number of likely N-dealkylation sites (tertiary alicyclic amines) is 1. The van der Waals surface area contributed by atoms with Gasteiger partial charge in [0.1, 0.15) is 0 Å². The van der Waals surface area contributed by atoms with Crippen molar-refractivity contribution >= 4 is 35.1 Å². The van der Waals surface area contributed by atoms with Gasteiger partial charge in [0.05, 0.1) is 17.3 Å². The van der Waals surface area contributed by atoms with Crippen LogP contribution in [0.15, 0.2) is 79.0 Å². The van der Waals surface area contributed by atoms with Crippen LogP contribution in [0.5, 0.6) is 0 Å². The summed E-state index contributed by atoms with van der Waals surface area (Å²) in [6.45, 7) is 3.77. The van der Waals surface area contributed by atoms with Gasteiger partial charge in [0.25, 0.3) is 5.91 Å². The van der Waals surface area contributed by atoms with Crippen molar-refractivity contribution in [2.75, 3.05) is 18.0 Å². The summed E-state index contributed by atoms with van der Waals surface area (Å²) >= 11 is 12.3. The first-order valence-corrected chi connectivity index (χ1v) is 15.7. The summed E-state index contributed by atoms with van der Waals surface area (Å²) in [5.41, 5.74) is 6.38. The summed E-state index contributed by atoms with van der Waals surface area (Å²) < 4.78 is 0. The van der Waals surface area contributed by atoms with Crippen molar-refractivity contribution in [3.8, 4) is 0 Å². The summed E-state index contributed by atoms with van der Waals surface area (Å²) in [7, 11) is 0. The second kappa shape index (κ2) is 12.8. The Labute approximate surface area is 258 Å². The number of hydrogen-bond donors (Lipinski definition) is 0. The van der Waals surface area contributed by atoms with Crippen molar-refractivity contribution in [1.82, 2.24) is 14.9 Å². The van der Waals surface area contributed by atoms with Crippen LogP contribution < -0.4 is 4.90 Å². The number of benzene rings is 3. The zero-order chi connectivity index (χ0) is 29.1. The van der Waals surface area contributed by atoms with Crippen molar-refractivity contribution in [3.05, 3.63) is 123 Å². The van der Waals surface area contributed by atoms with Gasteiger partial charge in [-0.05, 0) is 98.4 Å². The predicted molar refractivity (Wildman–Crippen MR) is 171 cm³/mol. The number of halogens is 2. The lowest BCUT2D eigenvalue weighted by Gasteiger charge is -2.28. The summed E-state index contributed by atoms with van der Waals surface area (Å²) in [5.74, 6) is 0.733. The predicted octanol–water partition coefficient (Wildman–Crippen LogP) is 8.07. The topological polar surface area (TPSA) is 49.3 Å². The highest BCUT2D eigenvalue weighted by Gasteiger charge is 2.33. The quantitative estimate of drug-likeness (QED) is 0.206. The summed E-state index contributed by atoms with van der Waals surface area (Å²) in [4.78, 5) is 28.4. The van der Waals surface area contributed by atoms with Gasteiger partial charge in [-0.15, -0.1) is 0 Å². The largest absolute Gasteiger partial charge is 0.335 e. The fourth-order valence-corrected chi connectivity index (χ4v) is 6.71. The maximum Gasteiger partial charge on any atom is 0.257 e. The molecule has 2 aliphatic rings. The molecule has 3 aromatic carbocycles. The van der Waals surface area contributed by atoms with E-state index in [1.807, 2.05) is 29.2 Å². The van der Waals surface area contributed by atoms with Gasteiger partial charge in [-0.3, -0.25) is 4.79 Å². The van der Waals surface area contributed by atoms with Crippen molar-refractivity contribution in [1.29, 1.82) is 0 Å². The van der Waals surface area contributed by atoms with E-state index >= 15 is 0 Å². The van der Waals surface area contributed by atoms with E-state index in [0.29, 0.717) is 17.9 Å². The van der Waals surface area contributed by atoms with Gasteiger partial charge in [0.2, 0.25) is 5.95 Å². The van der Waals surface area contributed by atoms with Gasteiger partial charge >= 0.3 is 0 Å². The molecule has 4 aromatic rings. The molecule has 2 atom stereocenters. The van der Waals surface area contributed by atoms with Crippen LogP contribution in [-0.2, 0) is 19.3 Å². The first-order chi connectivity index (χ1) is 20.5. The maximum absolute atomic E-state index is 14.1. The van der Waals surface area contributed by atoms with E-state index in [-0.39, 0.29) is 18.0 Å². The Kier molecular flexibility index (Phi) is 8.78. The molecule has 3 heterocycles. The van der Waals surface area contributed by atoms with Gasteiger partial charge in [0.15, 0.2) is 0 Å². The fraction of sp³-hybridized carbons (Fsp3) is 0.343. The molecule has 2 saturated heterocycles. The van der Waals surface area contributed by atoms with Crippen LogP contribution in [0.3, 0.4) is 0 Å². The average Bonchev–Trinajstić information content (AvgIpc) is 3.68. The molecular formula is C35H36Cl2N4O. The number of hydrogen-bond acceptors (Lipinski definition) is 4. The van der Waals surface area contributed by atoms with Crippen molar-refractivity contribution in [3.63, 3.8) is 0 Å². The van der Waals surface area contributed by atoms with Crippen LogP contribution in [0.1, 0.15) is 70.0 Å². The fourth-order valence-electron chi connectivity index (χ4n) is 6.46. The molecule has 0 saturated carbocycles. The minimum atomic E-state index is 0.0356. The molecule has 216 valence electrons. The number of aromatic nitrogens is 2. The van der Waals surface area contributed by atoms with Gasteiger partial charge < -0.3 is 9.80 Å². The molecule has 0 radical (unpaired) electrons. The van der Waals surface area contributed by atoms with Crippen LogP contribution in [-0.4, -0.2) is 39.9 Å². The standard InChI is InChI=1S/C35H36Cl2N4O/c1-24-6-2-3-7-26(24)14-19-32-31(34(42)40-20-4-8-30(40)22-25-10-15-28(36)16-11-25)23-38-35(39-32)41-21-5-9-33(41)27-12-17-29(37)18-13-27/h2-3,6-7,10-13,15-18,23,30,33H,4-5,8-9,14,19-22H2,1H3/t30-,33+/m0/s1. The number of amides is 1. The molecule has 1 amide bonds. The van der Waals surface area contributed by atoms with Gasteiger partial charge in [-0.25, -0.2) is 9.97 Å². The van der Waals surface area contributed by atoms with E-state index in [2.05, 4.69) is 60.4 Å². The Morgan fingerprint density at radius 2 is 1.60 bits per heavy atom. The zero-order valence-electron chi connectivity index (χ0n) is 24.0. The third kappa shape index (κ3) is 6.33. The minimum absolute atomic E-state index is 0.0356. The highest BCUT2D eigenvalue weighted by atomic mass is 35.5. The van der Waals surface area contributed by atoms with Gasteiger partial charge in [-0.1, -0.05) is 71.7 Å². The van der Waals surface area contributed by atoms with Gasteiger partial charge in [-0.2, -0.15) is 0 Å². The molecule has 0 aliphatic carbocycles. The number of anilines is 1. The highest BCUT2D eigenvalue weighted by Crippen LogP contribution is 2.35. The molecule has 0 N–H and O–H groups in total. The van der Waals surface area contributed by atoms with Crippen molar-refractivity contribution in [2.45, 2.75) is 64.0 Å². The number of rotatable bonds is 8. The second-order valence-corrected chi connectivity index (χ2v) is 12.4. The Balaban J connectivity index is 1.30. The first-order valence-electron chi connectivity index (χ1n) is 14.9. The summed E-state index contributed by atoms with van der Waals surface area (Å²) in [5, 5.41) is 1.46. The number of aryl methyl sites for hydroxylation is 3. The van der Waals surface area contributed by atoms with Crippen molar-refractivity contribution in [2.24, 2.45) is 0 Å². The molecule has 0 unspecified atom stereocenters. The molecular weight excluding hydrogens is 563 g/mol. The maximum atomic E-state index is 14.1. The van der Waals surface area contributed by atoms with Crippen molar-refractivity contribution < 1.29 is 4.79 Å². The Hall–Kier alpha value is -3.41. The molecule has 1 aromatic heterocycles. The molecule has 0 bridgehead atoms. The Bertz CT molecular complexity index is 1540. The summed E-state index contributed by atoms with van der Waals surface area (Å²) in [6, 6.07) is 24.8. The third-order valence-corrected chi connectivity index (χ3v) is 9.27. The van der Waals surface area contributed by atoms with Crippen LogP contribution in [0, 0.1) is 6.92 Å². The third-order valence-electron chi connectivity index (χ3n) is 8.76. The molecule has 42 heavy (non-hydrogen) atoms. The number of carbonyl (C=O) groups is 1. The average molecular weight is 600 g/mol. The van der Waals surface area contributed by atoms with Crippen LogP contribution in [0.2, 0.25) is 10.0 Å². The molecule has 2 fully saturated rings. The minimum Gasteiger partial charge on any atom is -0.335 e. The molecule has 7 heteroatoms. The summed E-state index contributed by atoms with van der Waals surface area (Å²) in [6.07, 6.45) is 8.18. The Morgan fingerprint density at radius 3 is 2.36 bits per heavy atom. The Morgan fingerprint density at radius 1 is 0.881 bits per heavy atom. The van der Waals surface area contributed by atoms with Crippen LogP contribution in [0.4, 0.5) is 5.95 Å². The lowest BCUT2D eigenvalue weighted by Crippen LogP contribution is -2.37. The molecule has 6 rings (SSSR count). The zero-order valence-corrected chi connectivity index (χ0v) is 25.5. The number of carbonyl (C=O) groups excluding carboxylic acids is 1. The molecule has 5 nitrogen and oxygen atoms in total. The lowest BCUT2D eigenvalue weighted by molar-refractivity contribution is 0.0734. The smallest absolute Gasteiger partial charge is 0.257 e. The highest BCUT2D eigenvalue weighted by molar-refractivity contribution is 6.30. The van der Waals surface area contributed by atoms with Crippen LogP contribution >= 0.6 is 23.2 Å². The second-order valence-electron chi connectivity index (χ2n) is 11.5. The molecule has 0 spiro atoms. The van der Waals surface area contributed by atoms with Gasteiger partial charge in [0, 0.05) is 35.4 Å². The number of nitrogens with zero attached hydrogens (tertiary/aromatic N) is 4.